The molecule has 1 fully saturated rings. The van der Waals surface area contributed by atoms with E-state index in [-0.39, 0.29) is 0 Å². The van der Waals surface area contributed by atoms with Crippen molar-refractivity contribution in [2.75, 3.05) is 13.6 Å². The quantitative estimate of drug-likeness (QED) is 0.734. The first kappa shape index (κ1) is 12.6. The number of H-pyrrole nitrogens is 1. The fraction of sp³-hybridized carbons (Fsp3) is 0.692. The van der Waals surface area contributed by atoms with Gasteiger partial charge in [-0.25, -0.2) is 0 Å². The molecule has 1 aromatic rings. The molecule has 0 amide bonds. The summed E-state index contributed by atoms with van der Waals surface area (Å²) in [6, 6.07) is 2.67. The normalized spacial score (nSPS) is 29.8. The number of aliphatic hydroxyl groups is 1. The van der Waals surface area contributed by atoms with Crippen LogP contribution in [0.15, 0.2) is 18.5 Å². The fourth-order valence-corrected chi connectivity index (χ4v) is 2.66. The molecule has 0 radical (unpaired) electrons. The molecule has 4 nitrogen and oxygen atoms in total. The Labute approximate surface area is 103 Å². The third-order valence-electron chi connectivity index (χ3n) is 3.98. The van der Waals surface area contributed by atoms with Crippen LogP contribution in [0.25, 0.3) is 0 Å². The lowest BCUT2D eigenvalue weighted by atomic mass is 9.82. The highest BCUT2D eigenvalue weighted by molar-refractivity contribution is 5.08. The molecule has 0 unspecified atom stereocenters. The first-order chi connectivity index (χ1) is 8.13. The minimum absolute atomic E-state index is 0.390. The largest absolute Gasteiger partial charge is 0.389 e. The van der Waals surface area contributed by atoms with E-state index in [0.717, 1.165) is 32.2 Å². The second kappa shape index (κ2) is 5.21. The van der Waals surface area contributed by atoms with Crippen molar-refractivity contribution in [3.05, 3.63) is 24.0 Å². The van der Waals surface area contributed by atoms with E-state index in [1.165, 1.54) is 5.56 Å². The Balaban J connectivity index is 1.84. The number of nitrogens with one attached hydrogen (secondary N) is 1. The average Bonchev–Trinajstić information content (AvgIpc) is 2.83. The molecule has 96 valence electrons. The maximum absolute atomic E-state index is 10.1. The van der Waals surface area contributed by atoms with Gasteiger partial charge in [0.05, 0.1) is 5.60 Å². The molecule has 1 heterocycles. The van der Waals surface area contributed by atoms with Crippen LogP contribution in [0.3, 0.4) is 0 Å². The lowest BCUT2D eigenvalue weighted by Gasteiger charge is -2.38. The third kappa shape index (κ3) is 3.09. The summed E-state index contributed by atoms with van der Waals surface area (Å²) in [4.78, 5) is 5.45. The van der Waals surface area contributed by atoms with Crippen molar-refractivity contribution in [2.45, 2.75) is 43.9 Å². The second-order valence-electron chi connectivity index (χ2n) is 5.29. The SMILES string of the molecule is CN(Cc1cc[nH]c1)C1CCC(O)(CN)CC1. The molecule has 0 saturated heterocycles. The van der Waals surface area contributed by atoms with Crippen LogP contribution in [0.4, 0.5) is 0 Å². The van der Waals surface area contributed by atoms with Gasteiger partial charge in [-0.15, -0.1) is 0 Å². The van der Waals surface area contributed by atoms with Gasteiger partial charge >= 0.3 is 0 Å². The molecule has 1 aliphatic rings. The van der Waals surface area contributed by atoms with E-state index in [0.29, 0.717) is 12.6 Å². The summed E-state index contributed by atoms with van der Waals surface area (Å²) in [5, 5.41) is 10.1. The Kier molecular flexibility index (Phi) is 3.86. The maximum Gasteiger partial charge on any atom is 0.0770 e. The summed E-state index contributed by atoms with van der Waals surface area (Å²) < 4.78 is 0. The Morgan fingerprint density at radius 2 is 2.24 bits per heavy atom. The highest BCUT2D eigenvalue weighted by Gasteiger charge is 2.33. The van der Waals surface area contributed by atoms with Crippen molar-refractivity contribution >= 4 is 0 Å². The van der Waals surface area contributed by atoms with E-state index in [9.17, 15) is 5.11 Å². The van der Waals surface area contributed by atoms with E-state index < -0.39 is 5.60 Å². The summed E-state index contributed by atoms with van der Waals surface area (Å²) in [6.45, 7) is 1.36. The Morgan fingerprint density at radius 1 is 1.53 bits per heavy atom. The minimum atomic E-state index is -0.606. The van der Waals surface area contributed by atoms with Crippen molar-refractivity contribution < 1.29 is 5.11 Å². The van der Waals surface area contributed by atoms with Gasteiger partial charge in [0.15, 0.2) is 0 Å². The average molecular weight is 237 g/mol. The first-order valence-electron chi connectivity index (χ1n) is 6.37. The van der Waals surface area contributed by atoms with Crippen LogP contribution in [-0.2, 0) is 6.54 Å². The summed E-state index contributed by atoms with van der Waals surface area (Å²) in [5.74, 6) is 0. The molecule has 0 atom stereocenters. The molecular formula is C13H23N3O. The zero-order valence-corrected chi connectivity index (χ0v) is 10.5. The van der Waals surface area contributed by atoms with Crippen molar-refractivity contribution in [1.29, 1.82) is 0 Å². The van der Waals surface area contributed by atoms with Gasteiger partial charge in [-0.1, -0.05) is 0 Å². The predicted molar refractivity (Wildman–Crippen MR) is 68.5 cm³/mol. The van der Waals surface area contributed by atoms with Crippen LogP contribution in [0.2, 0.25) is 0 Å². The Hall–Kier alpha value is -0.840. The number of nitrogens with two attached hydrogens (primary N) is 1. The molecule has 0 spiro atoms. The van der Waals surface area contributed by atoms with Crippen LogP contribution >= 0.6 is 0 Å². The zero-order valence-electron chi connectivity index (χ0n) is 10.5. The van der Waals surface area contributed by atoms with Crippen molar-refractivity contribution in [2.24, 2.45) is 5.73 Å². The lowest BCUT2D eigenvalue weighted by molar-refractivity contribution is -0.0104. The van der Waals surface area contributed by atoms with E-state index in [4.69, 9.17) is 5.73 Å². The van der Waals surface area contributed by atoms with Crippen LogP contribution in [0.1, 0.15) is 31.2 Å². The van der Waals surface area contributed by atoms with E-state index >= 15 is 0 Å². The number of hydrogen-bond acceptors (Lipinski definition) is 3. The zero-order chi connectivity index (χ0) is 12.3. The predicted octanol–water partition coefficient (Wildman–Crippen LogP) is 1.08. The summed E-state index contributed by atoms with van der Waals surface area (Å²) in [5.41, 5.74) is 6.31. The number of aromatic nitrogens is 1. The van der Waals surface area contributed by atoms with Gasteiger partial charge in [-0.2, -0.15) is 0 Å². The van der Waals surface area contributed by atoms with Crippen LogP contribution in [0.5, 0.6) is 0 Å². The highest BCUT2D eigenvalue weighted by atomic mass is 16.3. The summed E-state index contributed by atoms with van der Waals surface area (Å²) in [6.07, 6.45) is 7.72. The maximum atomic E-state index is 10.1. The van der Waals surface area contributed by atoms with Crippen molar-refractivity contribution in [1.82, 2.24) is 9.88 Å². The lowest BCUT2D eigenvalue weighted by Crippen LogP contribution is -2.45. The standard InChI is InChI=1S/C13H23N3O/c1-16(9-11-4-7-15-8-11)12-2-5-13(17,10-14)6-3-12/h4,7-8,12,15,17H,2-3,5-6,9-10,14H2,1H3. The molecule has 1 aromatic heterocycles. The van der Waals surface area contributed by atoms with Gasteiger partial charge in [0, 0.05) is 31.5 Å². The number of rotatable bonds is 4. The molecule has 4 N–H and O–H groups in total. The molecular weight excluding hydrogens is 214 g/mol. The van der Waals surface area contributed by atoms with Crippen LogP contribution in [-0.4, -0.2) is 40.2 Å². The summed E-state index contributed by atoms with van der Waals surface area (Å²) in [7, 11) is 2.16. The van der Waals surface area contributed by atoms with Gasteiger partial charge in [0.2, 0.25) is 0 Å². The van der Waals surface area contributed by atoms with Crippen molar-refractivity contribution in [3.63, 3.8) is 0 Å². The van der Waals surface area contributed by atoms with E-state index in [1.807, 2.05) is 12.4 Å². The smallest absolute Gasteiger partial charge is 0.0770 e. The topological polar surface area (TPSA) is 65.3 Å². The van der Waals surface area contributed by atoms with Gasteiger partial charge in [-0.3, -0.25) is 4.90 Å². The van der Waals surface area contributed by atoms with Gasteiger partial charge < -0.3 is 15.8 Å². The molecule has 1 saturated carbocycles. The third-order valence-corrected chi connectivity index (χ3v) is 3.98. The molecule has 0 bridgehead atoms. The van der Waals surface area contributed by atoms with Crippen LogP contribution in [0, 0.1) is 0 Å². The first-order valence-corrected chi connectivity index (χ1v) is 6.37. The van der Waals surface area contributed by atoms with Gasteiger partial charge in [0.1, 0.15) is 0 Å². The van der Waals surface area contributed by atoms with E-state index in [2.05, 4.69) is 23.0 Å². The number of aromatic amines is 1. The molecule has 17 heavy (non-hydrogen) atoms. The van der Waals surface area contributed by atoms with E-state index in [1.54, 1.807) is 0 Å². The monoisotopic (exact) mass is 237 g/mol. The number of nitrogens with zero attached hydrogens (tertiary/aromatic N) is 1. The minimum Gasteiger partial charge on any atom is -0.389 e. The van der Waals surface area contributed by atoms with Crippen molar-refractivity contribution in [3.8, 4) is 0 Å². The molecule has 1 aliphatic carbocycles. The molecule has 0 aliphatic heterocycles. The van der Waals surface area contributed by atoms with Gasteiger partial charge in [0.25, 0.3) is 0 Å². The van der Waals surface area contributed by atoms with Gasteiger partial charge in [-0.05, 0) is 44.4 Å². The number of hydrogen-bond donors (Lipinski definition) is 3. The molecule has 4 heteroatoms. The molecule has 0 aromatic carbocycles. The Morgan fingerprint density at radius 3 is 2.76 bits per heavy atom. The summed E-state index contributed by atoms with van der Waals surface area (Å²) >= 11 is 0. The highest BCUT2D eigenvalue weighted by Crippen LogP contribution is 2.30. The second-order valence-corrected chi connectivity index (χ2v) is 5.29. The Bertz CT molecular complexity index is 328. The fourth-order valence-electron chi connectivity index (χ4n) is 2.66. The van der Waals surface area contributed by atoms with Crippen LogP contribution < -0.4 is 5.73 Å². The molecule has 2 rings (SSSR count).